The van der Waals surface area contributed by atoms with Gasteiger partial charge in [-0.2, -0.15) is 0 Å². The van der Waals surface area contributed by atoms with Gasteiger partial charge in [-0.05, 0) is 53.4 Å². The fourth-order valence-corrected chi connectivity index (χ4v) is 4.55. The molecule has 2 N–H and O–H groups in total. The van der Waals surface area contributed by atoms with Crippen LogP contribution in [0.4, 0.5) is 4.39 Å². The number of hydrogen-bond acceptors (Lipinski definition) is 6. The highest BCUT2D eigenvalue weighted by molar-refractivity contribution is 6.01. The van der Waals surface area contributed by atoms with Gasteiger partial charge in [-0.1, -0.05) is 12.1 Å². The summed E-state index contributed by atoms with van der Waals surface area (Å²) in [6.45, 7) is 0.208. The first-order chi connectivity index (χ1) is 17.5. The Kier molecular flexibility index (Phi) is 7.80. The van der Waals surface area contributed by atoms with Crippen molar-refractivity contribution in [3.8, 4) is 11.5 Å². The number of carbonyl (C=O) groups excluding carboxylic acids is 2. The van der Waals surface area contributed by atoms with Gasteiger partial charge in [-0.3, -0.25) is 14.6 Å². The summed E-state index contributed by atoms with van der Waals surface area (Å²) in [6, 6.07) is 12.0. The van der Waals surface area contributed by atoms with E-state index >= 15 is 0 Å². The smallest absolute Gasteiger partial charge is 0.256 e. The number of pyridine rings is 1. The monoisotopic (exact) mass is 493 g/mol. The number of methoxy groups -OCH3 is 2. The third kappa shape index (κ3) is 5.16. The molecule has 36 heavy (non-hydrogen) atoms. The summed E-state index contributed by atoms with van der Waals surface area (Å²) in [5, 5.41) is 12.4. The number of aliphatic hydroxyl groups excluding tert-OH is 1. The Bertz CT molecular complexity index is 1210. The van der Waals surface area contributed by atoms with E-state index in [0.717, 1.165) is 5.56 Å². The molecule has 8 nitrogen and oxygen atoms in total. The molecule has 0 saturated heterocycles. The Labute approximate surface area is 208 Å². The lowest BCUT2D eigenvalue weighted by Crippen LogP contribution is -2.56. The van der Waals surface area contributed by atoms with Crippen LogP contribution in [-0.2, 0) is 11.3 Å². The van der Waals surface area contributed by atoms with Crippen molar-refractivity contribution < 1.29 is 28.6 Å². The average molecular weight is 494 g/mol. The number of nitrogens with one attached hydrogen (secondary N) is 1. The van der Waals surface area contributed by atoms with Crippen LogP contribution in [0.3, 0.4) is 0 Å². The minimum atomic E-state index is -0.920. The number of hydrogen-bond donors (Lipinski definition) is 2. The first-order valence-corrected chi connectivity index (χ1v) is 11.6. The maximum Gasteiger partial charge on any atom is 0.256 e. The molecule has 0 bridgehead atoms. The number of aromatic nitrogens is 1. The predicted molar refractivity (Wildman–Crippen MR) is 130 cm³/mol. The maximum absolute atomic E-state index is 13.7. The summed E-state index contributed by atoms with van der Waals surface area (Å²) in [5.74, 6) is -0.498. The molecule has 2 heterocycles. The summed E-state index contributed by atoms with van der Waals surface area (Å²) >= 11 is 0. The molecule has 0 radical (unpaired) electrons. The summed E-state index contributed by atoms with van der Waals surface area (Å²) in [6.07, 6.45) is 3.36. The third-order valence-electron chi connectivity index (χ3n) is 6.27. The summed E-state index contributed by atoms with van der Waals surface area (Å²) < 4.78 is 24.4. The Hall–Kier alpha value is -3.98. The zero-order valence-electron chi connectivity index (χ0n) is 20.1. The minimum absolute atomic E-state index is 0.136. The predicted octanol–water partition coefficient (Wildman–Crippen LogP) is 2.89. The lowest BCUT2D eigenvalue weighted by molar-refractivity contribution is -0.126. The highest BCUT2D eigenvalue weighted by Crippen LogP contribution is 2.38. The van der Waals surface area contributed by atoms with Crippen molar-refractivity contribution in [1.82, 2.24) is 15.2 Å². The van der Waals surface area contributed by atoms with Crippen LogP contribution < -0.4 is 14.8 Å². The standard InChI is InChI=1S/C27H28FN3O5/c1-35-20-12-17(13-21(14-20)36-2)15-30-26(33)25-24(18-4-6-19(28)7-5-18)22-8-9-29-16-23(22)27(34)31(25)10-3-11-32/h4-9,12-14,16,24-25,32H,3,10-11,15H2,1-2H3,(H,30,33). The largest absolute Gasteiger partial charge is 0.497 e. The van der Waals surface area contributed by atoms with Gasteiger partial charge in [0.2, 0.25) is 5.91 Å². The van der Waals surface area contributed by atoms with Crippen molar-refractivity contribution in [3.05, 3.63) is 89.0 Å². The molecular formula is C27H28FN3O5. The van der Waals surface area contributed by atoms with Crippen LogP contribution in [0.15, 0.2) is 60.9 Å². The molecular weight excluding hydrogens is 465 g/mol. The quantitative estimate of drug-likeness (QED) is 0.476. The summed E-state index contributed by atoms with van der Waals surface area (Å²) in [5.41, 5.74) is 2.47. The number of amides is 2. The first kappa shape index (κ1) is 25.1. The van der Waals surface area contributed by atoms with Crippen LogP contribution in [0.25, 0.3) is 0 Å². The van der Waals surface area contributed by atoms with E-state index in [4.69, 9.17) is 9.47 Å². The lowest BCUT2D eigenvalue weighted by Gasteiger charge is -2.41. The molecule has 2 amide bonds. The minimum Gasteiger partial charge on any atom is -0.497 e. The molecule has 1 aliphatic heterocycles. The second kappa shape index (κ2) is 11.2. The highest BCUT2D eigenvalue weighted by Gasteiger charge is 2.44. The number of nitrogens with zero attached hydrogens (tertiary/aromatic N) is 2. The molecule has 0 saturated carbocycles. The fraction of sp³-hybridized carbons (Fsp3) is 0.296. The van der Waals surface area contributed by atoms with Gasteiger partial charge in [-0.25, -0.2) is 4.39 Å². The van der Waals surface area contributed by atoms with Crippen LogP contribution in [-0.4, -0.2) is 60.2 Å². The van der Waals surface area contributed by atoms with Crippen LogP contribution >= 0.6 is 0 Å². The van der Waals surface area contributed by atoms with Gasteiger partial charge in [0.15, 0.2) is 0 Å². The number of rotatable bonds is 9. The molecule has 3 aromatic rings. The van der Waals surface area contributed by atoms with Crippen molar-refractivity contribution >= 4 is 11.8 Å². The average Bonchev–Trinajstić information content (AvgIpc) is 2.91. The first-order valence-electron chi connectivity index (χ1n) is 11.6. The molecule has 0 aliphatic carbocycles. The highest BCUT2D eigenvalue weighted by atomic mass is 19.1. The van der Waals surface area contributed by atoms with E-state index < -0.39 is 17.8 Å². The molecule has 1 aliphatic rings. The van der Waals surface area contributed by atoms with Crippen molar-refractivity contribution in [1.29, 1.82) is 0 Å². The molecule has 0 spiro atoms. The maximum atomic E-state index is 13.7. The fourth-order valence-electron chi connectivity index (χ4n) is 4.55. The SMILES string of the molecule is COc1cc(CNC(=O)C2C(c3ccc(F)cc3)c3ccncc3C(=O)N2CCCO)cc(OC)c1. The van der Waals surface area contributed by atoms with Crippen LogP contribution in [0.2, 0.25) is 0 Å². The van der Waals surface area contributed by atoms with E-state index in [1.165, 1.54) is 23.2 Å². The van der Waals surface area contributed by atoms with Crippen LogP contribution in [0, 0.1) is 5.82 Å². The molecule has 2 atom stereocenters. The van der Waals surface area contributed by atoms with Gasteiger partial charge in [0.25, 0.3) is 5.91 Å². The van der Waals surface area contributed by atoms with Gasteiger partial charge in [0.05, 0.1) is 19.8 Å². The molecule has 2 unspecified atom stereocenters. The van der Waals surface area contributed by atoms with E-state index in [1.54, 1.807) is 56.8 Å². The van der Waals surface area contributed by atoms with Crippen LogP contribution in [0.5, 0.6) is 11.5 Å². The zero-order chi connectivity index (χ0) is 25.7. The second-order valence-electron chi connectivity index (χ2n) is 8.45. The Morgan fingerprint density at radius 1 is 1.11 bits per heavy atom. The van der Waals surface area contributed by atoms with Crippen molar-refractivity contribution in [2.24, 2.45) is 0 Å². The van der Waals surface area contributed by atoms with E-state index in [2.05, 4.69) is 10.3 Å². The number of ether oxygens (including phenoxy) is 2. The van der Waals surface area contributed by atoms with E-state index in [-0.39, 0.29) is 31.5 Å². The van der Waals surface area contributed by atoms with Crippen molar-refractivity contribution in [3.63, 3.8) is 0 Å². The topological polar surface area (TPSA) is 101 Å². The van der Waals surface area contributed by atoms with Gasteiger partial charge in [-0.15, -0.1) is 0 Å². The Balaban J connectivity index is 1.72. The Morgan fingerprint density at radius 3 is 2.44 bits per heavy atom. The molecule has 2 aromatic carbocycles. The summed E-state index contributed by atoms with van der Waals surface area (Å²) in [4.78, 5) is 32.8. The summed E-state index contributed by atoms with van der Waals surface area (Å²) in [7, 11) is 3.09. The molecule has 9 heteroatoms. The number of benzene rings is 2. The molecule has 1 aromatic heterocycles. The normalized spacial score (nSPS) is 16.9. The van der Waals surface area contributed by atoms with E-state index in [0.29, 0.717) is 34.6 Å². The zero-order valence-corrected chi connectivity index (χ0v) is 20.1. The van der Waals surface area contributed by atoms with Crippen LogP contribution in [0.1, 0.15) is 39.4 Å². The number of aliphatic hydroxyl groups is 1. The van der Waals surface area contributed by atoms with E-state index in [9.17, 15) is 19.1 Å². The second-order valence-corrected chi connectivity index (χ2v) is 8.45. The van der Waals surface area contributed by atoms with Gasteiger partial charge >= 0.3 is 0 Å². The van der Waals surface area contributed by atoms with E-state index in [1.807, 2.05) is 0 Å². The van der Waals surface area contributed by atoms with Gasteiger partial charge < -0.3 is 24.8 Å². The third-order valence-corrected chi connectivity index (χ3v) is 6.27. The Morgan fingerprint density at radius 2 is 1.81 bits per heavy atom. The van der Waals surface area contributed by atoms with Crippen molar-refractivity contribution in [2.75, 3.05) is 27.4 Å². The number of fused-ring (bicyclic) bond motifs is 1. The number of carbonyl (C=O) groups is 2. The van der Waals surface area contributed by atoms with Gasteiger partial charge in [0, 0.05) is 44.1 Å². The lowest BCUT2D eigenvalue weighted by atomic mass is 9.78. The molecule has 188 valence electrons. The van der Waals surface area contributed by atoms with Gasteiger partial charge in [0.1, 0.15) is 23.4 Å². The molecule has 0 fully saturated rings. The number of halogens is 1. The molecule has 4 rings (SSSR count). The van der Waals surface area contributed by atoms with Crippen molar-refractivity contribution in [2.45, 2.75) is 24.9 Å².